The maximum Gasteiger partial charge on any atom is 0.265 e. The standard InChI is InChI=1S/C27H30N2O6S/c1-18-12-13-19(2)22(14-18)27(30)29-16-24(34-4)25(17-29)35-21-9-7-8-20(15-21)28-36(31,32)26-11-6-5-10-23(26)33-3/h5-15,24-25,28H,16-17H2,1-4H3. The number of rotatable bonds is 8. The predicted molar refractivity (Wildman–Crippen MR) is 137 cm³/mol. The highest BCUT2D eigenvalue weighted by atomic mass is 32.2. The number of carbonyl (C=O) groups is 1. The van der Waals surface area contributed by atoms with Gasteiger partial charge in [-0.2, -0.15) is 0 Å². The van der Waals surface area contributed by atoms with Crippen molar-refractivity contribution in [3.05, 3.63) is 83.4 Å². The molecule has 2 unspecified atom stereocenters. The summed E-state index contributed by atoms with van der Waals surface area (Å²) in [6, 6.07) is 18.9. The predicted octanol–water partition coefficient (Wildman–Crippen LogP) is 4.03. The molecule has 4 rings (SSSR count). The number of amides is 1. The Hall–Kier alpha value is -3.56. The van der Waals surface area contributed by atoms with Gasteiger partial charge >= 0.3 is 0 Å². The van der Waals surface area contributed by atoms with Crippen LogP contribution in [-0.2, 0) is 14.8 Å². The fourth-order valence-electron chi connectivity index (χ4n) is 4.24. The van der Waals surface area contributed by atoms with Gasteiger partial charge in [0.15, 0.2) is 0 Å². The van der Waals surface area contributed by atoms with E-state index in [-0.39, 0.29) is 22.7 Å². The summed E-state index contributed by atoms with van der Waals surface area (Å²) in [5.41, 5.74) is 2.94. The topological polar surface area (TPSA) is 94.2 Å². The molecule has 1 amide bonds. The van der Waals surface area contributed by atoms with Gasteiger partial charge in [0.05, 0.1) is 25.9 Å². The van der Waals surface area contributed by atoms with E-state index in [9.17, 15) is 13.2 Å². The average Bonchev–Trinajstić information content (AvgIpc) is 3.27. The lowest BCUT2D eigenvalue weighted by Gasteiger charge is -2.19. The SMILES string of the molecule is COc1ccccc1S(=O)(=O)Nc1cccc(OC2CN(C(=O)c3cc(C)ccc3C)CC2OC)c1. The summed E-state index contributed by atoms with van der Waals surface area (Å²) in [5, 5.41) is 0. The van der Waals surface area contributed by atoms with Crippen LogP contribution in [0.25, 0.3) is 0 Å². The Balaban J connectivity index is 1.49. The Labute approximate surface area is 211 Å². The van der Waals surface area contributed by atoms with Gasteiger partial charge in [0.25, 0.3) is 15.9 Å². The van der Waals surface area contributed by atoms with Crippen LogP contribution in [0.3, 0.4) is 0 Å². The molecule has 190 valence electrons. The van der Waals surface area contributed by atoms with Crippen LogP contribution in [0.15, 0.2) is 71.6 Å². The third-order valence-electron chi connectivity index (χ3n) is 6.16. The molecule has 0 aromatic heterocycles. The lowest BCUT2D eigenvalue weighted by Crippen LogP contribution is -2.32. The summed E-state index contributed by atoms with van der Waals surface area (Å²) in [6.07, 6.45) is -0.738. The van der Waals surface area contributed by atoms with Crippen molar-refractivity contribution >= 4 is 21.6 Å². The first-order valence-corrected chi connectivity index (χ1v) is 13.0. The molecular formula is C27H30N2O6S. The molecule has 3 aromatic carbocycles. The van der Waals surface area contributed by atoms with Gasteiger partial charge in [-0.1, -0.05) is 35.9 Å². The molecule has 1 fully saturated rings. The molecule has 3 aromatic rings. The maximum atomic E-state index is 13.2. The zero-order chi connectivity index (χ0) is 25.9. The number of nitrogens with zero attached hydrogens (tertiary/aromatic N) is 1. The van der Waals surface area contributed by atoms with E-state index in [0.29, 0.717) is 30.1 Å². The first-order valence-electron chi connectivity index (χ1n) is 11.5. The summed E-state index contributed by atoms with van der Waals surface area (Å²) >= 11 is 0. The van der Waals surface area contributed by atoms with Crippen LogP contribution in [-0.4, -0.2) is 58.7 Å². The molecule has 0 saturated carbocycles. The van der Waals surface area contributed by atoms with Crippen LogP contribution in [0.2, 0.25) is 0 Å². The Morgan fingerprint density at radius 3 is 2.44 bits per heavy atom. The van der Waals surface area contributed by atoms with Crippen LogP contribution in [0.5, 0.6) is 11.5 Å². The van der Waals surface area contributed by atoms with Gasteiger partial charge in [-0.3, -0.25) is 9.52 Å². The second-order valence-corrected chi connectivity index (χ2v) is 10.4. The van der Waals surface area contributed by atoms with Gasteiger partial charge in [0.1, 0.15) is 28.6 Å². The minimum Gasteiger partial charge on any atom is -0.495 e. The van der Waals surface area contributed by atoms with Crippen molar-refractivity contribution in [1.82, 2.24) is 4.90 Å². The van der Waals surface area contributed by atoms with Crippen LogP contribution >= 0.6 is 0 Å². The Bertz CT molecular complexity index is 1360. The van der Waals surface area contributed by atoms with E-state index in [2.05, 4.69) is 4.72 Å². The van der Waals surface area contributed by atoms with Gasteiger partial charge in [-0.25, -0.2) is 8.42 Å². The number of likely N-dealkylation sites (tertiary alicyclic amines) is 1. The molecule has 1 saturated heterocycles. The van der Waals surface area contributed by atoms with E-state index in [1.165, 1.54) is 13.2 Å². The molecule has 2 atom stereocenters. The number of hydrogen-bond acceptors (Lipinski definition) is 6. The van der Waals surface area contributed by atoms with Gasteiger partial charge in [0.2, 0.25) is 0 Å². The number of sulfonamides is 1. The summed E-state index contributed by atoms with van der Waals surface area (Å²) in [5.74, 6) is 0.644. The summed E-state index contributed by atoms with van der Waals surface area (Å²) < 4.78 is 45.4. The normalized spacial score (nSPS) is 17.6. The van der Waals surface area contributed by atoms with Crippen molar-refractivity contribution in [1.29, 1.82) is 0 Å². The molecule has 0 spiro atoms. The lowest BCUT2D eigenvalue weighted by molar-refractivity contribution is 0.0340. The Morgan fingerprint density at radius 1 is 0.944 bits per heavy atom. The van der Waals surface area contributed by atoms with Crippen molar-refractivity contribution in [3.8, 4) is 11.5 Å². The molecule has 36 heavy (non-hydrogen) atoms. The summed E-state index contributed by atoms with van der Waals surface area (Å²) in [7, 11) is -0.872. The number of benzene rings is 3. The van der Waals surface area contributed by atoms with Crippen molar-refractivity contribution in [2.24, 2.45) is 0 Å². The van der Waals surface area contributed by atoms with E-state index < -0.39 is 16.1 Å². The molecule has 1 aliphatic rings. The molecule has 1 N–H and O–H groups in total. The smallest absolute Gasteiger partial charge is 0.265 e. The van der Waals surface area contributed by atoms with Gasteiger partial charge in [0, 0.05) is 18.7 Å². The zero-order valence-electron chi connectivity index (χ0n) is 20.7. The second-order valence-electron chi connectivity index (χ2n) is 8.74. The molecule has 0 aliphatic carbocycles. The third-order valence-corrected chi connectivity index (χ3v) is 7.58. The molecule has 0 bridgehead atoms. The highest BCUT2D eigenvalue weighted by Crippen LogP contribution is 2.28. The first kappa shape index (κ1) is 25.5. The maximum absolute atomic E-state index is 13.2. The van der Waals surface area contributed by atoms with Crippen LogP contribution in [0, 0.1) is 13.8 Å². The number of carbonyl (C=O) groups excluding carboxylic acids is 1. The van der Waals surface area contributed by atoms with Crippen molar-refractivity contribution < 1.29 is 27.4 Å². The van der Waals surface area contributed by atoms with E-state index in [1.807, 2.05) is 32.0 Å². The quantitative estimate of drug-likeness (QED) is 0.492. The number of ether oxygens (including phenoxy) is 3. The number of aryl methyl sites for hydroxylation is 2. The largest absolute Gasteiger partial charge is 0.495 e. The monoisotopic (exact) mass is 510 g/mol. The van der Waals surface area contributed by atoms with Crippen LogP contribution in [0.4, 0.5) is 5.69 Å². The molecule has 8 nitrogen and oxygen atoms in total. The number of methoxy groups -OCH3 is 2. The number of para-hydroxylation sites is 1. The molecule has 1 heterocycles. The second kappa shape index (κ2) is 10.6. The molecule has 1 aliphatic heterocycles. The summed E-state index contributed by atoms with van der Waals surface area (Å²) in [6.45, 7) is 4.62. The van der Waals surface area contributed by atoms with E-state index in [0.717, 1.165) is 11.1 Å². The summed E-state index contributed by atoms with van der Waals surface area (Å²) in [4.78, 5) is 15.0. The third kappa shape index (κ3) is 5.47. The molecular weight excluding hydrogens is 480 g/mol. The van der Waals surface area contributed by atoms with E-state index in [4.69, 9.17) is 14.2 Å². The van der Waals surface area contributed by atoms with Gasteiger partial charge in [-0.15, -0.1) is 0 Å². The highest BCUT2D eigenvalue weighted by Gasteiger charge is 2.37. The first-order chi connectivity index (χ1) is 17.2. The Morgan fingerprint density at radius 2 is 1.69 bits per heavy atom. The van der Waals surface area contributed by atoms with Crippen LogP contribution in [0.1, 0.15) is 21.5 Å². The number of nitrogens with one attached hydrogen (secondary N) is 1. The zero-order valence-corrected chi connectivity index (χ0v) is 21.5. The molecule has 9 heteroatoms. The number of hydrogen-bond donors (Lipinski definition) is 1. The number of anilines is 1. The van der Waals surface area contributed by atoms with E-state index in [1.54, 1.807) is 54.5 Å². The fraction of sp³-hybridized carbons (Fsp3) is 0.296. The highest BCUT2D eigenvalue weighted by molar-refractivity contribution is 7.92. The van der Waals surface area contributed by atoms with Crippen molar-refractivity contribution in [2.45, 2.75) is 31.0 Å². The minimum atomic E-state index is -3.88. The van der Waals surface area contributed by atoms with E-state index >= 15 is 0 Å². The van der Waals surface area contributed by atoms with Crippen molar-refractivity contribution in [2.75, 3.05) is 32.0 Å². The van der Waals surface area contributed by atoms with Crippen LogP contribution < -0.4 is 14.2 Å². The Kier molecular flexibility index (Phi) is 7.51. The van der Waals surface area contributed by atoms with Gasteiger partial charge < -0.3 is 19.1 Å². The van der Waals surface area contributed by atoms with Gasteiger partial charge in [-0.05, 0) is 49.7 Å². The van der Waals surface area contributed by atoms with Crippen molar-refractivity contribution in [3.63, 3.8) is 0 Å². The fourth-order valence-corrected chi connectivity index (χ4v) is 5.47. The minimum absolute atomic E-state index is 0.0367. The average molecular weight is 511 g/mol. The molecule has 0 radical (unpaired) electrons. The lowest BCUT2D eigenvalue weighted by atomic mass is 10.0.